The maximum atomic E-state index is 14.5. The highest BCUT2D eigenvalue weighted by Gasteiger charge is 2.44. The molecule has 0 unspecified atom stereocenters. The number of halogens is 3. The summed E-state index contributed by atoms with van der Waals surface area (Å²) in [5, 5.41) is 4.76. The molecule has 0 saturated carbocycles. The number of nitrogens with one attached hydrogen (secondary N) is 2. The maximum Gasteiger partial charge on any atom is 0.364 e. The number of amides is 2. The standard InChI is InChI=1S/C19H22F3N3O2/c1-11-8-13(6-7-14(11)20)23-16(26)12-9-15(25(5)10-12)19(21,22)17(27)24-18(2,3)4/h6-10H,1-5H3,(H,23,26)(H,24,27). The number of nitrogens with zero attached hydrogens (tertiary/aromatic N) is 1. The molecule has 0 aliphatic heterocycles. The fraction of sp³-hybridized carbons (Fsp3) is 0.368. The van der Waals surface area contributed by atoms with E-state index in [-0.39, 0.29) is 5.56 Å². The van der Waals surface area contributed by atoms with Gasteiger partial charge in [-0.05, 0) is 57.5 Å². The van der Waals surface area contributed by atoms with E-state index in [9.17, 15) is 22.8 Å². The number of benzene rings is 1. The van der Waals surface area contributed by atoms with E-state index in [0.29, 0.717) is 11.3 Å². The second-order valence-corrected chi connectivity index (χ2v) is 7.42. The van der Waals surface area contributed by atoms with Gasteiger partial charge in [-0.2, -0.15) is 8.78 Å². The molecule has 0 aliphatic rings. The number of alkyl halides is 2. The van der Waals surface area contributed by atoms with Crippen molar-refractivity contribution in [2.75, 3.05) is 5.32 Å². The Balaban J connectivity index is 2.25. The zero-order chi connectivity index (χ0) is 20.6. The number of anilines is 1. The van der Waals surface area contributed by atoms with E-state index in [1.165, 1.54) is 31.4 Å². The molecule has 5 nitrogen and oxygen atoms in total. The van der Waals surface area contributed by atoms with E-state index >= 15 is 0 Å². The second kappa shape index (κ2) is 7.09. The molecule has 1 heterocycles. The first kappa shape index (κ1) is 20.5. The molecule has 0 spiro atoms. The molecule has 1 aromatic carbocycles. The largest absolute Gasteiger partial charge is 0.364 e. The van der Waals surface area contributed by atoms with Crippen LogP contribution in [0.2, 0.25) is 0 Å². The van der Waals surface area contributed by atoms with Crippen LogP contribution in [0.15, 0.2) is 30.5 Å². The highest BCUT2D eigenvalue weighted by molar-refractivity contribution is 6.04. The third-order valence-corrected chi connectivity index (χ3v) is 3.78. The Morgan fingerprint density at radius 3 is 2.30 bits per heavy atom. The molecule has 2 aromatic rings. The third kappa shape index (κ3) is 4.69. The minimum atomic E-state index is -3.81. The first-order chi connectivity index (χ1) is 12.3. The lowest BCUT2D eigenvalue weighted by Gasteiger charge is -2.24. The summed E-state index contributed by atoms with van der Waals surface area (Å²) >= 11 is 0. The summed E-state index contributed by atoms with van der Waals surface area (Å²) in [6.45, 7) is 6.32. The monoisotopic (exact) mass is 381 g/mol. The molecular formula is C19H22F3N3O2. The van der Waals surface area contributed by atoms with Crippen molar-refractivity contribution in [3.05, 3.63) is 53.1 Å². The molecule has 0 saturated heterocycles. The number of hydrogen-bond donors (Lipinski definition) is 2. The number of carbonyl (C=O) groups is 2. The van der Waals surface area contributed by atoms with Crippen LogP contribution < -0.4 is 10.6 Å². The van der Waals surface area contributed by atoms with Crippen molar-refractivity contribution >= 4 is 17.5 Å². The van der Waals surface area contributed by atoms with Gasteiger partial charge in [-0.3, -0.25) is 9.59 Å². The molecule has 2 N–H and O–H groups in total. The molecule has 0 aliphatic carbocycles. The minimum Gasteiger partial charge on any atom is -0.348 e. The molecule has 1 aromatic heterocycles. The Hall–Kier alpha value is -2.77. The number of hydrogen-bond acceptors (Lipinski definition) is 2. The highest BCUT2D eigenvalue weighted by Crippen LogP contribution is 2.30. The van der Waals surface area contributed by atoms with Gasteiger partial charge >= 0.3 is 5.92 Å². The molecular weight excluding hydrogens is 359 g/mol. The average Bonchev–Trinajstić information content (AvgIpc) is 2.92. The lowest BCUT2D eigenvalue weighted by molar-refractivity contribution is -0.149. The number of aryl methyl sites for hydroxylation is 2. The van der Waals surface area contributed by atoms with Crippen molar-refractivity contribution in [1.82, 2.24) is 9.88 Å². The summed E-state index contributed by atoms with van der Waals surface area (Å²) in [7, 11) is 1.33. The predicted octanol–water partition coefficient (Wildman–Crippen LogP) is 3.73. The van der Waals surface area contributed by atoms with Crippen LogP contribution in [0.3, 0.4) is 0 Å². The van der Waals surface area contributed by atoms with Gasteiger partial charge in [-0.1, -0.05) is 0 Å². The Bertz CT molecular complexity index is 883. The fourth-order valence-corrected chi connectivity index (χ4v) is 2.46. The average molecular weight is 381 g/mol. The SMILES string of the molecule is Cc1cc(NC(=O)c2cc(C(F)(F)C(=O)NC(C)(C)C)n(C)c2)ccc1F. The van der Waals surface area contributed by atoms with Gasteiger partial charge in [0.1, 0.15) is 5.82 Å². The second-order valence-electron chi connectivity index (χ2n) is 7.42. The van der Waals surface area contributed by atoms with Gasteiger partial charge in [0.15, 0.2) is 0 Å². The van der Waals surface area contributed by atoms with Crippen LogP contribution in [0.5, 0.6) is 0 Å². The Morgan fingerprint density at radius 1 is 1.11 bits per heavy atom. The Kier molecular flexibility index (Phi) is 5.40. The van der Waals surface area contributed by atoms with E-state index in [4.69, 9.17) is 0 Å². The van der Waals surface area contributed by atoms with Gasteiger partial charge in [-0.15, -0.1) is 0 Å². The predicted molar refractivity (Wildman–Crippen MR) is 96.3 cm³/mol. The zero-order valence-electron chi connectivity index (χ0n) is 15.8. The summed E-state index contributed by atoms with van der Waals surface area (Å²) in [6.07, 6.45) is 1.21. The molecule has 2 rings (SSSR count). The first-order valence-electron chi connectivity index (χ1n) is 8.26. The van der Waals surface area contributed by atoms with Gasteiger partial charge in [0.2, 0.25) is 0 Å². The molecule has 0 radical (unpaired) electrons. The highest BCUT2D eigenvalue weighted by atomic mass is 19.3. The zero-order valence-corrected chi connectivity index (χ0v) is 15.8. The summed E-state index contributed by atoms with van der Waals surface area (Å²) in [4.78, 5) is 24.3. The van der Waals surface area contributed by atoms with Gasteiger partial charge in [0.25, 0.3) is 11.8 Å². The van der Waals surface area contributed by atoms with E-state index in [2.05, 4.69) is 10.6 Å². The van der Waals surface area contributed by atoms with E-state index < -0.39 is 34.8 Å². The Morgan fingerprint density at radius 2 is 1.74 bits per heavy atom. The van der Waals surface area contributed by atoms with Crippen LogP contribution in [0.1, 0.15) is 42.4 Å². The van der Waals surface area contributed by atoms with Crippen LogP contribution in [-0.4, -0.2) is 21.9 Å². The minimum absolute atomic E-state index is 0.0438. The third-order valence-electron chi connectivity index (χ3n) is 3.78. The van der Waals surface area contributed by atoms with Gasteiger partial charge in [0, 0.05) is 24.5 Å². The lowest BCUT2D eigenvalue weighted by Crippen LogP contribution is -2.48. The molecule has 8 heteroatoms. The van der Waals surface area contributed by atoms with Crippen molar-refractivity contribution in [2.45, 2.75) is 39.2 Å². The van der Waals surface area contributed by atoms with Crippen LogP contribution in [0.25, 0.3) is 0 Å². The van der Waals surface area contributed by atoms with Crippen LogP contribution in [-0.2, 0) is 17.8 Å². The van der Waals surface area contributed by atoms with Crippen molar-refractivity contribution < 1.29 is 22.8 Å². The van der Waals surface area contributed by atoms with Crippen molar-refractivity contribution in [2.24, 2.45) is 7.05 Å². The Labute approximate surface area is 155 Å². The number of carbonyl (C=O) groups excluding carboxylic acids is 2. The van der Waals surface area contributed by atoms with Crippen LogP contribution in [0.4, 0.5) is 18.9 Å². The van der Waals surface area contributed by atoms with E-state index in [0.717, 1.165) is 10.6 Å². The molecule has 0 fully saturated rings. The number of aromatic nitrogens is 1. The lowest BCUT2D eigenvalue weighted by atomic mass is 10.1. The van der Waals surface area contributed by atoms with Crippen molar-refractivity contribution in [3.8, 4) is 0 Å². The molecule has 27 heavy (non-hydrogen) atoms. The molecule has 0 bridgehead atoms. The van der Waals surface area contributed by atoms with Crippen molar-refractivity contribution in [3.63, 3.8) is 0 Å². The van der Waals surface area contributed by atoms with E-state index in [1.807, 2.05) is 0 Å². The summed E-state index contributed by atoms with van der Waals surface area (Å²) in [5.74, 6) is -6.32. The summed E-state index contributed by atoms with van der Waals surface area (Å²) in [5.41, 5.74) is -0.803. The summed E-state index contributed by atoms with van der Waals surface area (Å²) in [6, 6.07) is 4.97. The normalized spacial score (nSPS) is 12.0. The molecule has 0 atom stereocenters. The van der Waals surface area contributed by atoms with E-state index in [1.54, 1.807) is 27.7 Å². The quantitative estimate of drug-likeness (QED) is 0.848. The van der Waals surface area contributed by atoms with Gasteiger partial charge in [-0.25, -0.2) is 4.39 Å². The maximum absolute atomic E-state index is 14.5. The molecule has 146 valence electrons. The van der Waals surface area contributed by atoms with Gasteiger partial charge in [0.05, 0.1) is 11.3 Å². The smallest absolute Gasteiger partial charge is 0.348 e. The fourth-order valence-electron chi connectivity index (χ4n) is 2.46. The van der Waals surface area contributed by atoms with Crippen molar-refractivity contribution in [1.29, 1.82) is 0 Å². The first-order valence-corrected chi connectivity index (χ1v) is 8.26. The van der Waals surface area contributed by atoms with Crippen LogP contribution in [0, 0.1) is 12.7 Å². The number of rotatable bonds is 4. The topological polar surface area (TPSA) is 63.1 Å². The summed E-state index contributed by atoms with van der Waals surface area (Å²) < 4.78 is 43.4. The van der Waals surface area contributed by atoms with Gasteiger partial charge < -0.3 is 15.2 Å². The molecule has 2 amide bonds. The van der Waals surface area contributed by atoms with Crippen LogP contribution >= 0.6 is 0 Å².